The van der Waals surface area contributed by atoms with Crippen molar-refractivity contribution in [2.45, 2.75) is 450 Å². The highest BCUT2D eigenvalue weighted by molar-refractivity contribution is 5.76. The van der Waals surface area contributed by atoms with Gasteiger partial charge in [-0.15, -0.1) is 0 Å². The Balaban J connectivity index is 3.31. The molecule has 3 N–H and O–H groups in total. The van der Waals surface area contributed by atoms with Crippen molar-refractivity contribution >= 4 is 11.9 Å². The van der Waals surface area contributed by atoms with E-state index >= 15 is 0 Å². The van der Waals surface area contributed by atoms with E-state index in [0.717, 1.165) is 44.9 Å². The monoisotopic (exact) mass is 1180 g/mol. The summed E-state index contributed by atoms with van der Waals surface area (Å²) < 4.78 is 5.49. The molecule has 0 aromatic carbocycles. The third-order valence-electron chi connectivity index (χ3n) is 18.2. The summed E-state index contributed by atoms with van der Waals surface area (Å²) in [6.07, 6.45) is 94.5. The van der Waals surface area contributed by atoms with Crippen LogP contribution in [-0.4, -0.2) is 47.4 Å². The predicted molar refractivity (Wildman–Crippen MR) is 370 cm³/mol. The maximum absolute atomic E-state index is 12.5. The minimum Gasteiger partial charge on any atom is -0.466 e. The number of unbranched alkanes of at least 4 members (excludes halogenated alkanes) is 60. The molecule has 0 aliphatic heterocycles. The van der Waals surface area contributed by atoms with E-state index in [2.05, 4.69) is 31.3 Å². The highest BCUT2D eigenvalue weighted by Crippen LogP contribution is 2.20. The molecular formula is C78H151NO5. The summed E-state index contributed by atoms with van der Waals surface area (Å²) in [5, 5.41) is 23.2. The number of hydrogen-bond donors (Lipinski definition) is 3. The second-order valence-corrected chi connectivity index (χ2v) is 26.7. The first kappa shape index (κ1) is 82.3. The van der Waals surface area contributed by atoms with Gasteiger partial charge in [0.25, 0.3) is 0 Å². The Hall–Kier alpha value is -1.66. The normalized spacial score (nSPS) is 12.6. The Morgan fingerprint density at radius 3 is 0.857 bits per heavy atom. The number of hydrogen-bond acceptors (Lipinski definition) is 5. The number of esters is 1. The van der Waals surface area contributed by atoms with Gasteiger partial charge in [-0.05, 0) is 57.8 Å². The van der Waals surface area contributed by atoms with Gasteiger partial charge < -0.3 is 20.3 Å². The van der Waals surface area contributed by atoms with Crippen LogP contribution in [0.1, 0.15) is 438 Å². The molecule has 0 saturated carbocycles. The lowest BCUT2D eigenvalue weighted by molar-refractivity contribution is -0.143. The van der Waals surface area contributed by atoms with E-state index in [4.69, 9.17) is 4.74 Å². The van der Waals surface area contributed by atoms with Crippen LogP contribution in [0.5, 0.6) is 0 Å². The van der Waals surface area contributed by atoms with Gasteiger partial charge >= 0.3 is 5.97 Å². The molecule has 0 spiro atoms. The van der Waals surface area contributed by atoms with Gasteiger partial charge in [0, 0.05) is 12.8 Å². The first-order valence-electron chi connectivity index (χ1n) is 38.6. The standard InChI is InChI=1S/C78H151NO5/c1-3-5-7-9-11-13-15-17-18-40-43-47-50-54-58-62-66-70-76(81)75(74-80)79-77(82)71-67-63-59-55-51-48-44-41-38-36-34-32-30-28-26-24-22-20-19-21-23-25-27-29-31-33-35-37-39-42-45-49-53-57-61-65-69-73-84-78(83)72-68-64-60-56-52-46-16-14-12-10-8-6-4-2/h14,16,66,70,75-76,80-81H,3-13,15,17-65,67-69,71-74H2,1-2H3,(H,79,82)/b16-14-,70-66+. The zero-order valence-corrected chi connectivity index (χ0v) is 57.2. The van der Waals surface area contributed by atoms with Gasteiger partial charge in [0.2, 0.25) is 5.91 Å². The highest BCUT2D eigenvalue weighted by atomic mass is 16.5. The summed E-state index contributed by atoms with van der Waals surface area (Å²) >= 11 is 0. The number of ether oxygens (including phenoxy) is 1. The predicted octanol–water partition coefficient (Wildman–Crippen LogP) is 25.3. The first-order valence-corrected chi connectivity index (χ1v) is 38.6. The number of allylic oxidation sites excluding steroid dienone is 3. The third-order valence-corrected chi connectivity index (χ3v) is 18.2. The molecule has 2 atom stereocenters. The number of carbonyl (C=O) groups is 2. The topological polar surface area (TPSA) is 95.9 Å². The number of aliphatic hydroxyl groups is 2. The van der Waals surface area contributed by atoms with Crippen LogP contribution in [0, 0.1) is 0 Å². The van der Waals surface area contributed by atoms with Crippen LogP contribution in [-0.2, 0) is 14.3 Å². The van der Waals surface area contributed by atoms with Crippen molar-refractivity contribution in [3.63, 3.8) is 0 Å². The van der Waals surface area contributed by atoms with E-state index in [0.29, 0.717) is 19.4 Å². The summed E-state index contributed by atoms with van der Waals surface area (Å²) in [6, 6.07) is -0.623. The second kappa shape index (κ2) is 73.8. The fourth-order valence-corrected chi connectivity index (χ4v) is 12.3. The van der Waals surface area contributed by atoms with Crippen molar-refractivity contribution in [3.05, 3.63) is 24.3 Å². The molecule has 0 aromatic heterocycles. The number of rotatable bonds is 73. The smallest absolute Gasteiger partial charge is 0.305 e. The van der Waals surface area contributed by atoms with E-state index in [1.54, 1.807) is 6.08 Å². The van der Waals surface area contributed by atoms with Crippen molar-refractivity contribution in [3.8, 4) is 0 Å². The SMILES string of the molecule is CCCCCC/C=C\CCCCCCCC(=O)OCCCCCCCCCCCCCCCCCCCCCCCCCCCCCCCCCCCCCCCC(=O)NC(CO)C(O)/C=C/CCCCCCCCCCCCCCCCC. The molecule has 6 nitrogen and oxygen atoms in total. The Kier molecular flexibility index (Phi) is 72.3. The first-order chi connectivity index (χ1) is 41.5. The fraction of sp³-hybridized carbons (Fsp3) is 0.923. The third kappa shape index (κ3) is 69.4. The average Bonchev–Trinajstić information content (AvgIpc) is 3.51. The highest BCUT2D eigenvalue weighted by Gasteiger charge is 2.18. The second-order valence-electron chi connectivity index (χ2n) is 26.7. The van der Waals surface area contributed by atoms with Crippen molar-refractivity contribution in [2.24, 2.45) is 0 Å². The number of aliphatic hydroxyl groups excluding tert-OH is 2. The molecule has 0 aliphatic carbocycles. The van der Waals surface area contributed by atoms with E-state index in [9.17, 15) is 19.8 Å². The van der Waals surface area contributed by atoms with Crippen molar-refractivity contribution in [1.29, 1.82) is 0 Å². The van der Waals surface area contributed by atoms with Crippen molar-refractivity contribution in [2.75, 3.05) is 13.2 Å². The molecule has 0 saturated heterocycles. The summed E-state index contributed by atoms with van der Waals surface area (Å²) in [5.41, 5.74) is 0. The number of nitrogens with one attached hydrogen (secondary N) is 1. The van der Waals surface area contributed by atoms with Gasteiger partial charge in [0.1, 0.15) is 0 Å². The van der Waals surface area contributed by atoms with Crippen LogP contribution in [0.3, 0.4) is 0 Å². The Morgan fingerprint density at radius 2 is 0.560 bits per heavy atom. The zero-order chi connectivity index (χ0) is 60.6. The molecule has 84 heavy (non-hydrogen) atoms. The molecule has 0 radical (unpaired) electrons. The summed E-state index contributed by atoms with van der Waals surface area (Å²) in [7, 11) is 0. The number of amides is 1. The van der Waals surface area contributed by atoms with E-state index in [1.807, 2.05) is 6.08 Å². The van der Waals surface area contributed by atoms with Gasteiger partial charge in [0.05, 0.1) is 25.4 Å². The summed E-state index contributed by atoms with van der Waals surface area (Å²) in [5.74, 6) is -0.0440. The molecule has 0 bridgehead atoms. The van der Waals surface area contributed by atoms with E-state index in [1.165, 1.54) is 366 Å². The Labute approximate surface area is 526 Å². The largest absolute Gasteiger partial charge is 0.466 e. The Morgan fingerprint density at radius 1 is 0.321 bits per heavy atom. The molecule has 0 aromatic rings. The van der Waals surface area contributed by atoms with Crippen LogP contribution in [0.15, 0.2) is 24.3 Å². The van der Waals surface area contributed by atoms with Crippen molar-refractivity contribution in [1.82, 2.24) is 5.32 Å². The average molecular weight is 1180 g/mol. The summed E-state index contributed by atoms with van der Waals surface area (Å²) in [6.45, 7) is 4.93. The Bertz CT molecular complexity index is 1320. The van der Waals surface area contributed by atoms with Crippen LogP contribution in [0.2, 0.25) is 0 Å². The molecule has 498 valence electrons. The fourth-order valence-electron chi connectivity index (χ4n) is 12.3. The molecule has 0 heterocycles. The van der Waals surface area contributed by atoms with Gasteiger partial charge in [-0.2, -0.15) is 0 Å². The zero-order valence-electron chi connectivity index (χ0n) is 57.2. The van der Waals surface area contributed by atoms with E-state index in [-0.39, 0.29) is 18.5 Å². The number of carbonyl (C=O) groups excluding carboxylic acids is 2. The molecule has 0 aliphatic rings. The van der Waals surface area contributed by atoms with Crippen LogP contribution < -0.4 is 5.32 Å². The lowest BCUT2D eigenvalue weighted by Crippen LogP contribution is -2.45. The lowest BCUT2D eigenvalue weighted by Gasteiger charge is -2.20. The minimum atomic E-state index is -0.840. The van der Waals surface area contributed by atoms with Crippen LogP contribution in [0.4, 0.5) is 0 Å². The molecule has 0 fully saturated rings. The molecule has 6 heteroatoms. The van der Waals surface area contributed by atoms with Gasteiger partial charge in [-0.1, -0.05) is 391 Å². The van der Waals surface area contributed by atoms with Crippen LogP contribution in [0.25, 0.3) is 0 Å². The van der Waals surface area contributed by atoms with Gasteiger partial charge in [0.15, 0.2) is 0 Å². The molecule has 1 amide bonds. The van der Waals surface area contributed by atoms with Crippen molar-refractivity contribution < 1.29 is 24.5 Å². The summed E-state index contributed by atoms with van der Waals surface area (Å²) in [4.78, 5) is 24.6. The molecular weight excluding hydrogens is 1030 g/mol. The van der Waals surface area contributed by atoms with Crippen LogP contribution >= 0.6 is 0 Å². The van der Waals surface area contributed by atoms with Gasteiger partial charge in [-0.25, -0.2) is 0 Å². The maximum Gasteiger partial charge on any atom is 0.305 e. The van der Waals surface area contributed by atoms with Gasteiger partial charge in [-0.3, -0.25) is 9.59 Å². The molecule has 2 unspecified atom stereocenters. The quantitative estimate of drug-likeness (QED) is 0.0320. The maximum atomic E-state index is 12.5. The lowest BCUT2D eigenvalue weighted by atomic mass is 10.0. The minimum absolute atomic E-state index is 0.0146. The van der Waals surface area contributed by atoms with E-state index < -0.39 is 12.1 Å². The molecule has 0 rings (SSSR count).